The molecule has 0 atom stereocenters. The molecule has 3 aromatic rings. The number of nitrogens with zero attached hydrogens (tertiary/aromatic N) is 3. The second kappa shape index (κ2) is 5.20. The Morgan fingerprint density at radius 2 is 1.71 bits per heavy atom. The smallest absolute Gasteiger partial charge is 0.335 e. The molecule has 21 heavy (non-hydrogen) atoms. The van der Waals surface area contributed by atoms with Crippen molar-refractivity contribution >= 4 is 5.97 Å². The van der Waals surface area contributed by atoms with Gasteiger partial charge >= 0.3 is 5.97 Å². The van der Waals surface area contributed by atoms with Gasteiger partial charge in [0.15, 0.2) is 0 Å². The monoisotopic (exact) mass is 279 g/mol. The summed E-state index contributed by atoms with van der Waals surface area (Å²) in [4.78, 5) is 10.8. The van der Waals surface area contributed by atoms with Gasteiger partial charge in [-0.2, -0.15) is 0 Å². The van der Waals surface area contributed by atoms with E-state index in [-0.39, 0.29) is 5.56 Å². The predicted molar refractivity (Wildman–Crippen MR) is 78.5 cm³/mol. The van der Waals surface area contributed by atoms with Crippen molar-refractivity contribution in [3.05, 3.63) is 65.9 Å². The molecule has 0 unspecified atom stereocenters. The SMILES string of the molecule is Cc1ccc(-n2cc(-c3ccc(C(=O)O)cc3)nn2)cc1. The van der Waals surface area contributed by atoms with E-state index in [1.807, 2.05) is 37.4 Å². The average Bonchev–Trinajstić information content (AvgIpc) is 2.98. The number of rotatable bonds is 3. The highest BCUT2D eigenvalue weighted by atomic mass is 16.4. The molecule has 1 aromatic heterocycles. The fourth-order valence-corrected chi connectivity index (χ4v) is 2.00. The lowest BCUT2D eigenvalue weighted by Crippen LogP contribution is -1.95. The number of carboxylic acid groups (broad SMARTS) is 1. The van der Waals surface area contributed by atoms with E-state index in [4.69, 9.17) is 5.11 Å². The van der Waals surface area contributed by atoms with Crippen LogP contribution in [0.5, 0.6) is 0 Å². The number of carbonyl (C=O) groups is 1. The molecule has 0 saturated carbocycles. The summed E-state index contributed by atoms with van der Waals surface area (Å²) < 4.78 is 1.69. The number of hydrogen-bond donors (Lipinski definition) is 1. The van der Waals surface area contributed by atoms with Crippen LogP contribution in [0.1, 0.15) is 15.9 Å². The first kappa shape index (κ1) is 13.1. The zero-order valence-corrected chi connectivity index (χ0v) is 11.4. The Balaban J connectivity index is 1.90. The van der Waals surface area contributed by atoms with Gasteiger partial charge < -0.3 is 5.11 Å². The van der Waals surface area contributed by atoms with Crippen molar-refractivity contribution in [3.8, 4) is 16.9 Å². The minimum atomic E-state index is -0.940. The van der Waals surface area contributed by atoms with Gasteiger partial charge in [0.05, 0.1) is 17.4 Å². The Bertz CT molecular complexity index is 774. The third kappa shape index (κ3) is 2.67. The lowest BCUT2D eigenvalue weighted by molar-refractivity contribution is 0.0697. The molecular weight excluding hydrogens is 266 g/mol. The second-order valence-electron chi connectivity index (χ2n) is 4.77. The summed E-state index contributed by atoms with van der Waals surface area (Å²) in [5, 5.41) is 17.1. The number of hydrogen-bond acceptors (Lipinski definition) is 3. The lowest BCUT2D eigenvalue weighted by Gasteiger charge is -2.00. The van der Waals surface area contributed by atoms with Crippen molar-refractivity contribution < 1.29 is 9.90 Å². The van der Waals surface area contributed by atoms with E-state index in [1.54, 1.807) is 28.9 Å². The Hall–Kier alpha value is -2.95. The Kier molecular flexibility index (Phi) is 3.23. The third-order valence-corrected chi connectivity index (χ3v) is 3.22. The lowest BCUT2D eigenvalue weighted by atomic mass is 10.1. The maximum Gasteiger partial charge on any atom is 0.335 e. The van der Waals surface area contributed by atoms with Gasteiger partial charge in [-0.05, 0) is 31.2 Å². The van der Waals surface area contributed by atoms with Crippen molar-refractivity contribution in [3.63, 3.8) is 0 Å². The van der Waals surface area contributed by atoms with Gasteiger partial charge in [-0.3, -0.25) is 0 Å². The molecule has 0 bridgehead atoms. The highest BCUT2D eigenvalue weighted by molar-refractivity contribution is 5.88. The normalized spacial score (nSPS) is 10.5. The standard InChI is InChI=1S/C16H13N3O2/c1-11-2-8-14(9-3-11)19-10-15(17-18-19)12-4-6-13(7-5-12)16(20)21/h2-10H,1H3,(H,20,21). The summed E-state index contributed by atoms with van der Waals surface area (Å²) in [7, 11) is 0. The van der Waals surface area contributed by atoms with Crippen LogP contribution in [0.25, 0.3) is 16.9 Å². The third-order valence-electron chi connectivity index (χ3n) is 3.22. The van der Waals surface area contributed by atoms with Crippen molar-refractivity contribution in [1.82, 2.24) is 15.0 Å². The zero-order valence-electron chi connectivity index (χ0n) is 11.4. The van der Waals surface area contributed by atoms with E-state index in [0.717, 1.165) is 11.3 Å². The summed E-state index contributed by atoms with van der Waals surface area (Å²) in [6.07, 6.45) is 1.82. The zero-order chi connectivity index (χ0) is 14.8. The van der Waals surface area contributed by atoms with E-state index in [0.29, 0.717) is 5.69 Å². The Morgan fingerprint density at radius 3 is 2.33 bits per heavy atom. The van der Waals surface area contributed by atoms with E-state index in [9.17, 15) is 4.79 Å². The Labute approximate surface area is 121 Å². The highest BCUT2D eigenvalue weighted by Crippen LogP contribution is 2.18. The van der Waals surface area contributed by atoms with Crippen molar-refractivity contribution in [2.24, 2.45) is 0 Å². The molecule has 0 fully saturated rings. The average molecular weight is 279 g/mol. The molecule has 0 aliphatic rings. The van der Waals surface area contributed by atoms with Crippen LogP contribution < -0.4 is 0 Å². The van der Waals surface area contributed by atoms with Crippen LogP contribution in [0.3, 0.4) is 0 Å². The van der Waals surface area contributed by atoms with Crippen LogP contribution >= 0.6 is 0 Å². The van der Waals surface area contributed by atoms with Crippen LogP contribution in [0.15, 0.2) is 54.7 Å². The predicted octanol–water partition coefficient (Wildman–Crippen LogP) is 2.94. The fraction of sp³-hybridized carbons (Fsp3) is 0.0625. The molecule has 2 aromatic carbocycles. The number of aryl methyl sites for hydroxylation is 1. The maximum atomic E-state index is 10.8. The van der Waals surface area contributed by atoms with Crippen molar-refractivity contribution in [2.45, 2.75) is 6.92 Å². The van der Waals surface area contributed by atoms with Crippen LogP contribution in [0, 0.1) is 6.92 Å². The molecule has 0 saturated heterocycles. The summed E-state index contributed by atoms with van der Waals surface area (Å²) in [5.41, 5.74) is 3.90. The minimum Gasteiger partial charge on any atom is -0.478 e. The molecule has 1 N–H and O–H groups in total. The van der Waals surface area contributed by atoms with Gasteiger partial charge in [0.1, 0.15) is 5.69 Å². The van der Waals surface area contributed by atoms with Crippen molar-refractivity contribution in [2.75, 3.05) is 0 Å². The molecule has 5 nitrogen and oxygen atoms in total. The summed E-state index contributed by atoms with van der Waals surface area (Å²) >= 11 is 0. The molecular formula is C16H13N3O2. The number of aromatic carboxylic acids is 1. The number of benzene rings is 2. The molecule has 104 valence electrons. The minimum absolute atomic E-state index is 0.254. The Morgan fingerprint density at radius 1 is 1.05 bits per heavy atom. The molecule has 0 radical (unpaired) electrons. The van der Waals surface area contributed by atoms with E-state index in [2.05, 4.69) is 10.3 Å². The van der Waals surface area contributed by atoms with Crippen LogP contribution in [-0.4, -0.2) is 26.1 Å². The van der Waals surface area contributed by atoms with Crippen LogP contribution in [0.2, 0.25) is 0 Å². The summed E-state index contributed by atoms with van der Waals surface area (Å²) in [6.45, 7) is 2.03. The maximum absolute atomic E-state index is 10.8. The van der Waals surface area contributed by atoms with E-state index < -0.39 is 5.97 Å². The molecule has 3 rings (SSSR count). The fourth-order valence-electron chi connectivity index (χ4n) is 2.00. The highest BCUT2D eigenvalue weighted by Gasteiger charge is 2.07. The van der Waals surface area contributed by atoms with Crippen molar-refractivity contribution in [1.29, 1.82) is 0 Å². The first-order valence-corrected chi connectivity index (χ1v) is 6.46. The van der Waals surface area contributed by atoms with Gasteiger partial charge in [-0.15, -0.1) is 5.10 Å². The summed E-state index contributed by atoms with van der Waals surface area (Å²) in [5.74, 6) is -0.940. The van der Waals surface area contributed by atoms with E-state index in [1.165, 1.54) is 5.56 Å². The quantitative estimate of drug-likeness (QED) is 0.800. The number of aromatic nitrogens is 3. The van der Waals surface area contributed by atoms with Gasteiger partial charge in [0.25, 0.3) is 0 Å². The van der Waals surface area contributed by atoms with Crippen LogP contribution in [-0.2, 0) is 0 Å². The first-order valence-electron chi connectivity index (χ1n) is 6.46. The number of carboxylic acids is 1. The molecule has 5 heteroatoms. The van der Waals surface area contributed by atoms with Gasteiger partial charge in [0, 0.05) is 5.56 Å². The molecule has 0 amide bonds. The van der Waals surface area contributed by atoms with Crippen LogP contribution in [0.4, 0.5) is 0 Å². The molecule has 0 aliphatic heterocycles. The summed E-state index contributed by atoms with van der Waals surface area (Å²) in [6, 6.07) is 14.5. The molecule has 0 aliphatic carbocycles. The molecule has 0 spiro atoms. The first-order chi connectivity index (χ1) is 10.1. The largest absolute Gasteiger partial charge is 0.478 e. The topological polar surface area (TPSA) is 68.0 Å². The van der Waals surface area contributed by atoms with E-state index >= 15 is 0 Å². The van der Waals surface area contributed by atoms with Gasteiger partial charge in [-0.25, -0.2) is 9.48 Å². The van der Waals surface area contributed by atoms with Gasteiger partial charge in [-0.1, -0.05) is 35.0 Å². The van der Waals surface area contributed by atoms with Gasteiger partial charge in [0.2, 0.25) is 0 Å². The molecule has 1 heterocycles. The second-order valence-corrected chi connectivity index (χ2v) is 4.77.